The summed E-state index contributed by atoms with van der Waals surface area (Å²) in [7, 11) is 0. The van der Waals surface area contributed by atoms with Crippen LogP contribution in [-0.2, 0) is 13.0 Å². The largest absolute Gasteiger partial charge is 0.319 e. The van der Waals surface area contributed by atoms with Gasteiger partial charge in [-0.1, -0.05) is 6.07 Å². The number of thiazole rings is 1. The zero-order valence-corrected chi connectivity index (χ0v) is 15.8. The molecule has 1 unspecified atom stereocenters. The van der Waals surface area contributed by atoms with E-state index in [2.05, 4.69) is 29.0 Å². The molecule has 4 nitrogen and oxygen atoms in total. The number of hydrogen-bond acceptors (Lipinski definition) is 5. The van der Waals surface area contributed by atoms with Gasteiger partial charge < -0.3 is 4.90 Å². The van der Waals surface area contributed by atoms with E-state index in [0.29, 0.717) is 6.04 Å². The fourth-order valence-corrected chi connectivity index (χ4v) is 6.22. The molecule has 0 bridgehead atoms. The van der Waals surface area contributed by atoms with Gasteiger partial charge in [0.1, 0.15) is 18.3 Å². The molecule has 126 valence electrons. The van der Waals surface area contributed by atoms with E-state index < -0.39 is 0 Å². The zero-order chi connectivity index (χ0) is 16.8. The highest BCUT2D eigenvalue weighted by Gasteiger charge is 2.34. The van der Waals surface area contributed by atoms with Crippen LogP contribution in [0.4, 0.5) is 0 Å². The van der Waals surface area contributed by atoms with E-state index in [9.17, 15) is 4.79 Å². The van der Waals surface area contributed by atoms with Crippen molar-refractivity contribution in [3.63, 3.8) is 0 Å². The summed E-state index contributed by atoms with van der Waals surface area (Å²) in [6.45, 7) is 1.85. The molecule has 0 saturated heterocycles. The predicted molar refractivity (Wildman–Crippen MR) is 103 cm³/mol. The molecular weight excluding hydrogens is 370 g/mol. The lowest BCUT2D eigenvalue weighted by Gasteiger charge is -2.32. The van der Waals surface area contributed by atoms with Crippen molar-refractivity contribution in [1.29, 1.82) is 0 Å². The van der Waals surface area contributed by atoms with Crippen molar-refractivity contribution in [2.75, 3.05) is 6.54 Å². The number of hydrogen-bond donors (Lipinski definition) is 1. The summed E-state index contributed by atoms with van der Waals surface area (Å²) in [6.07, 6.45) is 2.89. The summed E-state index contributed by atoms with van der Waals surface area (Å²) in [6, 6.07) is 8.67. The first-order valence-corrected chi connectivity index (χ1v) is 10.8. The first-order valence-electron chi connectivity index (χ1n) is 8.19. The molecule has 4 aromatic rings. The van der Waals surface area contributed by atoms with Gasteiger partial charge in [-0.05, 0) is 22.9 Å². The first-order chi connectivity index (χ1) is 12.3. The summed E-state index contributed by atoms with van der Waals surface area (Å²) in [5.74, 6) is 0. The fourth-order valence-electron chi connectivity index (χ4n) is 3.66. The second-order valence-electron chi connectivity index (χ2n) is 6.22. The van der Waals surface area contributed by atoms with Crippen molar-refractivity contribution in [3.05, 3.63) is 78.0 Å². The number of rotatable bonds is 3. The van der Waals surface area contributed by atoms with Crippen LogP contribution in [0.5, 0.6) is 0 Å². The highest BCUT2D eigenvalue weighted by Crippen LogP contribution is 2.31. The number of quaternary nitrogens is 1. The third-order valence-electron chi connectivity index (χ3n) is 4.76. The molecule has 0 spiro atoms. The number of fused-ring (bicyclic) bond motifs is 2. The van der Waals surface area contributed by atoms with Crippen molar-refractivity contribution in [1.82, 2.24) is 9.38 Å². The van der Waals surface area contributed by atoms with Crippen LogP contribution in [0.3, 0.4) is 0 Å². The number of nitrogens with one attached hydrogen (secondary N) is 1. The molecule has 2 atom stereocenters. The molecule has 0 amide bonds. The molecule has 0 saturated carbocycles. The molecular formula is C18H16N3OS3+. The topological polar surface area (TPSA) is 38.8 Å². The minimum absolute atomic E-state index is 0.0153. The molecule has 0 radical (unpaired) electrons. The van der Waals surface area contributed by atoms with Gasteiger partial charge in [-0.3, -0.25) is 9.20 Å². The monoisotopic (exact) mass is 386 g/mol. The lowest BCUT2D eigenvalue weighted by Crippen LogP contribution is -3.12. The van der Waals surface area contributed by atoms with E-state index in [-0.39, 0.29) is 5.56 Å². The van der Waals surface area contributed by atoms with Gasteiger partial charge in [0.2, 0.25) is 0 Å². The molecule has 0 fully saturated rings. The van der Waals surface area contributed by atoms with Gasteiger partial charge >= 0.3 is 0 Å². The molecule has 25 heavy (non-hydrogen) atoms. The Morgan fingerprint density at radius 2 is 2.16 bits per heavy atom. The average molecular weight is 387 g/mol. The molecule has 0 aromatic carbocycles. The second kappa shape index (κ2) is 6.17. The molecule has 1 aliphatic rings. The first kappa shape index (κ1) is 15.5. The lowest BCUT2D eigenvalue weighted by atomic mass is 9.98. The van der Waals surface area contributed by atoms with Crippen molar-refractivity contribution in [3.8, 4) is 0 Å². The van der Waals surface area contributed by atoms with Gasteiger partial charge in [0.05, 0.1) is 11.4 Å². The van der Waals surface area contributed by atoms with E-state index >= 15 is 0 Å². The van der Waals surface area contributed by atoms with Crippen molar-refractivity contribution in [2.24, 2.45) is 0 Å². The Hall–Kier alpha value is -1.80. The van der Waals surface area contributed by atoms with Gasteiger partial charge in [-0.15, -0.1) is 34.0 Å². The van der Waals surface area contributed by atoms with Crippen molar-refractivity contribution >= 4 is 39.0 Å². The maximum absolute atomic E-state index is 12.3. The molecule has 5 heterocycles. The summed E-state index contributed by atoms with van der Waals surface area (Å²) in [5, 5.41) is 6.26. The van der Waals surface area contributed by atoms with Crippen LogP contribution in [0.2, 0.25) is 0 Å². The molecule has 5 rings (SSSR count). The normalized spacial score (nSPS) is 20.0. The van der Waals surface area contributed by atoms with Crippen LogP contribution in [0.15, 0.2) is 51.4 Å². The minimum atomic E-state index is 0.0153. The Labute approximate surface area is 156 Å². The highest BCUT2D eigenvalue weighted by atomic mass is 32.1. The van der Waals surface area contributed by atoms with E-state index in [4.69, 9.17) is 4.98 Å². The maximum atomic E-state index is 12.3. The van der Waals surface area contributed by atoms with Crippen LogP contribution >= 0.6 is 34.0 Å². The SMILES string of the molecule is O=c1cc(C[NH+]2CCc3sccc3[C@@H]2c2cccs2)nc2sccn12. The fraction of sp³-hybridized carbons (Fsp3) is 0.222. The van der Waals surface area contributed by atoms with Crippen molar-refractivity contribution < 1.29 is 4.90 Å². The third-order valence-corrected chi connectivity index (χ3v) is 7.45. The average Bonchev–Trinajstić information content (AvgIpc) is 3.35. The Kier molecular flexibility index (Phi) is 3.82. The molecule has 1 N–H and O–H groups in total. The number of nitrogens with zero attached hydrogens (tertiary/aromatic N) is 2. The van der Waals surface area contributed by atoms with Crippen LogP contribution in [-0.4, -0.2) is 15.9 Å². The van der Waals surface area contributed by atoms with Crippen LogP contribution in [0.1, 0.15) is 27.1 Å². The lowest BCUT2D eigenvalue weighted by molar-refractivity contribution is -0.941. The summed E-state index contributed by atoms with van der Waals surface area (Å²) >= 11 is 5.19. The van der Waals surface area contributed by atoms with Crippen LogP contribution < -0.4 is 10.5 Å². The van der Waals surface area contributed by atoms with Gasteiger partial charge in [0.15, 0.2) is 4.96 Å². The number of thiophene rings is 2. The smallest absolute Gasteiger partial charge is 0.258 e. The Bertz CT molecular complexity index is 1080. The summed E-state index contributed by atoms with van der Waals surface area (Å²) in [5.41, 5.74) is 2.35. The van der Waals surface area contributed by atoms with Crippen LogP contribution in [0, 0.1) is 0 Å². The quantitative estimate of drug-likeness (QED) is 0.588. The van der Waals surface area contributed by atoms with Gasteiger partial charge in [0, 0.05) is 34.5 Å². The second-order valence-corrected chi connectivity index (χ2v) is 9.08. The van der Waals surface area contributed by atoms with E-state index in [1.807, 2.05) is 28.1 Å². The maximum Gasteiger partial charge on any atom is 0.258 e. The Morgan fingerprint density at radius 3 is 3.04 bits per heavy atom. The number of aromatic nitrogens is 2. The van der Waals surface area contributed by atoms with Gasteiger partial charge in [-0.25, -0.2) is 4.98 Å². The van der Waals surface area contributed by atoms with E-state index in [0.717, 1.165) is 30.2 Å². The van der Waals surface area contributed by atoms with E-state index in [1.54, 1.807) is 16.7 Å². The highest BCUT2D eigenvalue weighted by molar-refractivity contribution is 7.15. The van der Waals surface area contributed by atoms with E-state index in [1.165, 1.54) is 31.6 Å². The third kappa shape index (κ3) is 2.67. The van der Waals surface area contributed by atoms with Crippen molar-refractivity contribution in [2.45, 2.75) is 19.0 Å². The minimum Gasteiger partial charge on any atom is -0.319 e. The Morgan fingerprint density at radius 1 is 1.20 bits per heavy atom. The summed E-state index contributed by atoms with van der Waals surface area (Å²) < 4.78 is 1.62. The Balaban J connectivity index is 1.54. The summed E-state index contributed by atoms with van der Waals surface area (Å²) in [4.78, 5) is 22.2. The molecule has 0 aliphatic carbocycles. The molecule has 4 aromatic heterocycles. The van der Waals surface area contributed by atoms with Crippen LogP contribution in [0.25, 0.3) is 4.96 Å². The molecule has 7 heteroatoms. The molecule has 1 aliphatic heterocycles. The standard InChI is InChI=1S/C18H15N3OS3/c22-16-10-12(19-18-21(16)6-9-25-18)11-20-5-3-14-13(4-8-24-14)17(20)15-2-1-7-23-15/h1-2,4,6-10,17H,3,5,11H2/p+1/t17-/m1/s1. The van der Waals surface area contributed by atoms with Gasteiger partial charge in [-0.2, -0.15) is 0 Å². The zero-order valence-electron chi connectivity index (χ0n) is 13.3. The predicted octanol–water partition coefficient (Wildman–Crippen LogP) is 2.61. The van der Waals surface area contributed by atoms with Gasteiger partial charge in [0.25, 0.3) is 5.56 Å².